The third kappa shape index (κ3) is 3.09. The lowest BCUT2D eigenvalue weighted by atomic mass is 10.1. The molecule has 0 aromatic carbocycles. The first-order valence-corrected chi connectivity index (χ1v) is 6.22. The summed E-state index contributed by atoms with van der Waals surface area (Å²) < 4.78 is 0. The maximum absolute atomic E-state index is 4.24. The molecule has 1 aromatic heterocycles. The number of rotatable bonds is 4. The average molecular weight is 234 g/mol. The van der Waals surface area contributed by atoms with Crippen LogP contribution >= 0.6 is 0 Å². The van der Waals surface area contributed by atoms with E-state index in [2.05, 4.69) is 46.3 Å². The predicted molar refractivity (Wildman–Crippen MR) is 72.7 cm³/mol. The van der Waals surface area contributed by atoms with E-state index in [-0.39, 0.29) is 0 Å². The number of nitrogens with zero attached hydrogens (tertiary/aromatic N) is 3. The Morgan fingerprint density at radius 3 is 3.06 bits per heavy atom. The van der Waals surface area contributed by atoms with Gasteiger partial charge in [-0.15, -0.1) is 0 Å². The van der Waals surface area contributed by atoms with Gasteiger partial charge in [0.1, 0.15) is 5.82 Å². The Morgan fingerprint density at radius 2 is 2.41 bits per heavy atom. The Hall–Kier alpha value is -1.29. The van der Waals surface area contributed by atoms with Gasteiger partial charge < -0.3 is 15.1 Å². The van der Waals surface area contributed by atoms with Crippen molar-refractivity contribution >= 4 is 11.5 Å². The minimum Gasteiger partial charge on any atom is -0.374 e. The Kier molecular flexibility index (Phi) is 3.84. The smallest absolute Gasteiger partial charge is 0.127 e. The minimum absolute atomic E-state index is 0.788. The van der Waals surface area contributed by atoms with E-state index >= 15 is 0 Å². The number of anilines is 2. The van der Waals surface area contributed by atoms with E-state index in [1.54, 1.807) is 0 Å². The van der Waals surface area contributed by atoms with Crippen LogP contribution in [0.5, 0.6) is 0 Å². The highest BCUT2D eigenvalue weighted by molar-refractivity contribution is 5.53. The van der Waals surface area contributed by atoms with Crippen molar-refractivity contribution in [2.24, 2.45) is 5.92 Å². The molecule has 0 radical (unpaired) electrons. The SMILES string of the molecule is CNc1cc(N(C)CC2CCN(C)C2)ccn1. The van der Waals surface area contributed by atoms with Crippen molar-refractivity contribution in [3.05, 3.63) is 18.3 Å². The number of pyridine rings is 1. The topological polar surface area (TPSA) is 31.4 Å². The summed E-state index contributed by atoms with van der Waals surface area (Å²) >= 11 is 0. The molecular formula is C13H22N4. The second-order valence-electron chi connectivity index (χ2n) is 4.95. The summed E-state index contributed by atoms with van der Waals surface area (Å²) in [5, 5.41) is 3.08. The van der Waals surface area contributed by atoms with Crippen molar-refractivity contribution in [2.45, 2.75) is 6.42 Å². The minimum atomic E-state index is 0.788. The molecule has 1 aromatic rings. The van der Waals surface area contributed by atoms with Crippen molar-refractivity contribution in [1.82, 2.24) is 9.88 Å². The van der Waals surface area contributed by atoms with E-state index in [0.29, 0.717) is 0 Å². The second-order valence-corrected chi connectivity index (χ2v) is 4.95. The number of aromatic nitrogens is 1. The van der Waals surface area contributed by atoms with E-state index in [0.717, 1.165) is 18.3 Å². The second kappa shape index (κ2) is 5.36. The Morgan fingerprint density at radius 1 is 1.59 bits per heavy atom. The average Bonchev–Trinajstić information content (AvgIpc) is 2.75. The molecule has 0 amide bonds. The third-order valence-corrected chi connectivity index (χ3v) is 3.46. The molecule has 1 N–H and O–H groups in total. The predicted octanol–water partition coefficient (Wildman–Crippen LogP) is 1.51. The molecule has 1 atom stereocenters. The van der Waals surface area contributed by atoms with Gasteiger partial charge in [0.25, 0.3) is 0 Å². The van der Waals surface area contributed by atoms with Crippen LogP contribution in [0.2, 0.25) is 0 Å². The molecular weight excluding hydrogens is 212 g/mol. The van der Waals surface area contributed by atoms with Gasteiger partial charge in [0, 0.05) is 45.1 Å². The van der Waals surface area contributed by atoms with E-state index in [1.165, 1.54) is 25.2 Å². The molecule has 1 unspecified atom stereocenters. The molecule has 0 bridgehead atoms. The normalized spacial score (nSPS) is 20.5. The summed E-state index contributed by atoms with van der Waals surface area (Å²) in [6.07, 6.45) is 3.17. The molecule has 1 fully saturated rings. The van der Waals surface area contributed by atoms with Gasteiger partial charge in [-0.25, -0.2) is 4.98 Å². The molecule has 4 nitrogen and oxygen atoms in total. The highest BCUT2D eigenvalue weighted by Crippen LogP contribution is 2.20. The fourth-order valence-corrected chi connectivity index (χ4v) is 2.46. The Balaban J connectivity index is 1.96. The van der Waals surface area contributed by atoms with Crippen LogP contribution in [0, 0.1) is 5.92 Å². The Bertz CT molecular complexity index is 366. The third-order valence-electron chi connectivity index (χ3n) is 3.46. The van der Waals surface area contributed by atoms with E-state index in [9.17, 15) is 0 Å². The fraction of sp³-hybridized carbons (Fsp3) is 0.615. The zero-order valence-electron chi connectivity index (χ0n) is 11.0. The van der Waals surface area contributed by atoms with Crippen LogP contribution in [-0.2, 0) is 0 Å². The summed E-state index contributed by atoms with van der Waals surface area (Å²) in [5.41, 5.74) is 1.24. The van der Waals surface area contributed by atoms with Crippen LogP contribution in [0.4, 0.5) is 11.5 Å². The van der Waals surface area contributed by atoms with Gasteiger partial charge in [-0.05, 0) is 32.0 Å². The maximum Gasteiger partial charge on any atom is 0.127 e. The lowest BCUT2D eigenvalue weighted by Crippen LogP contribution is -2.27. The first kappa shape index (κ1) is 12.2. The molecule has 1 saturated heterocycles. The van der Waals surface area contributed by atoms with Crippen LogP contribution in [-0.4, -0.2) is 50.7 Å². The zero-order chi connectivity index (χ0) is 12.3. The maximum atomic E-state index is 4.24. The summed E-state index contributed by atoms with van der Waals surface area (Å²) in [5.74, 6) is 1.72. The van der Waals surface area contributed by atoms with Gasteiger partial charge >= 0.3 is 0 Å². The number of hydrogen-bond acceptors (Lipinski definition) is 4. The largest absolute Gasteiger partial charge is 0.374 e. The first-order valence-electron chi connectivity index (χ1n) is 6.22. The monoisotopic (exact) mass is 234 g/mol. The molecule has 4 heteroatoms. The van der Waals surface area contributed by atoms with Crippen LogP contribution in [0.1, 0.15) is 6.42 Å². The standard InChI is InChI=1S/C13H22N4/c1-14-13-8-12(4-6-15-13)17(3)10-11-5-7-16(2)9-11/h4,6,8,11H,5,7,9-10H2,1-3H3,(H,14,15). The summed E-state index contributed by atoms with van der Waals surface area (Å²) in [6, 6.07) is 4.16. The van der Waals surface area contributed by atoms with Gasteiger partial charge in [0.15, 0.2) is 0 Å². The molecule has 17 heavy (non-hydrogen) atoms. The molecule has 2 rings (SSSR count). The Labute approximate surface area is 104 Å². The summed E-state index contributed by atoms with van der Waals surface area (Å²) in [6.45, 7) is 3.57. The molecule has 1 aliphatic rings. The van der Waals surface area contributed by atoms with Crippen molar-refractivity contribution in [2.75, 3.05) is 51.0 Å². The van der Waals surface area contributed by atoms with Crippen molar-refractivity contribution in [3.8, 4) is 0 Å². The molecule has 0 aliphatic carbocycles. The van der Waals surface area contributed by atoms with Crippen LogP contribution in [0.25, 0.3) is 0 Å². The van der Waals surface area contributed by atoms with Gasteiger partial charge in [0.2, 0.25) is 0 Å². The van der Waals surface area contributed by atoms with Gasteiger partial charge in [-0.3, -0.25) is 0 Å². The summed E-state index contributed by atoms with van der Waals surface area (Å²) in [4.78, 5) is 8.97. The highest BCUT2D eigenvalue weighted by atomic mass is 15.2. The van der Waals surface area contributed by atoms with Crippen molar-refractivity contribution < 1.29 is 0 Å². The zero-order valence-corrected chi connectivity index (χ0v) is 11.0. The van der Waals surface area contributed by atoms with Crippen LogP contribution in [0.15, 0.2) is 18.3 Å². The quantitative estimate of drug-likeness (QED) is 0.855. The molecule has 0 saturated carbocycles. The highest BCUT2D eigenvalue weighted by Gasteiger charge is 2.20. The van der Waals surface area contributed by atoms with Crippen LogP contribution in [0.3, 0.4) is 0 Å². The van der Waals surface area contributed by atoms with Crippen LogP contribution < -0.4 is 10.2 Å². The van der Waals surface area contributed by atoms with E-state index in [4.69, 9.17) is 0 Å². The van der Waals surface area contributed by atoms with Gasteiger partial charge in [-0.2, -0.15) is 0 Å². The van der Waals surface area contributed by atoms with Crippen molar-refractivity contribution in [1.29, 1.82) is 0 Å². The lowest BCUT2D eigenvalue weighted by molar-refractivity contribution is 0.396. The van der Waals surface area contributed by atoms with Gasteiger partial charge in [-0.1, -0.05) is 0 Å². The molecule has 94 valence electrons. The van der Waals surface area contributed by atoms with Gasteiger partial charge in [0.05, 0.1) is 0 Å². The number of nitrogens with one attached hydrogen (secondary N) is 1. The number of likely N-dealkylation sites (tertiary alicyclic amines) is 1. The lowest BCUT2D eigenvalue weighted by Gasteiger charge is -2.23. The van der Waals surface area contributed by atoms with E-state index < -0.39 is 0 Å². The number of hydrogen-bond donors (Lipinski definition) is 1. The first-order chi connectivity index (χ1) is 8.19. The van der Waals surface area contributed by atoms with E-state index in [1.807, 2.05) is 13.2 Å². The van der Waals surface area contributed by atoms with Crippen molar-refractivity contribution in [3.63, 3.8) is 0 Å². The molecule has 1 aliphatic heterocycles. The fourth-order valence-electron chi connectivity index (χ4n) is 2.46. The summed E-state index contributed by atoms with van der Waals surface area (Å²) in [7, 11) is 6.26. The molecule has 0 spiro atoms. The molecule has 2 heterocycles.